The molecule has 0 aliphatic carbocycles. The molecule has 0 spiro atoms. The third kappa shape index (κ3) is 2.69. The SMILES string of the molecule is CCC(CC)N1B(c2c(C)cccc2C)[n+]2ccn(C)c2-c2c(C)cccc21. The highest BCUT2D eigenvalue weighted by Gasteiger charge is 2.47. The Kier molecular flexibility index (Phi) is 4.82. The molecular formula is C24H31BN3+. The molecule has 0 saturated heterocycles. The molecule has 1 aromatic heterocycles. The largest absolute Gasteiger partial charge is 0.538 e. The van der Waals surface area contributed by atoms with Gasteiger partial charge in [-0.3, -0.25) is 4.48 Å². The van der Waals surface area contributed by atoms with Gasteiger partial charge in [0.2, 0.25) is 0 Å². The summed E-state index contributed by atoms with van der Waals surface area (Å²) >= 11 is 0. The summed E-state index contributed by atoms with van der Waals surface area (Å²) in [5.41, 5.74) is 8.22. The van der Waals surface area contributed by atoms with Crippen molar-refractivity contribution in [2.75, 3.05) is 4.81 Å². The monoisotopic (exact) mass is 372 g/mol. The van der Waals surface area contributed by atoms with Gasteiger partial charge in [-0.15, -0.1) is 0 Å². The maximum atomic E-state index is 2.69. The summed E-state index contributed by atoms with van der Waals surface area (Å²) in [7, 11) is 2.16. The molecule has 3 aromatic rings. The van der Waals surface area contributed by atoms with E-state index in [1.165, 1.54) is 39.2 Å². The van der Waals surface area contributed by atoms with Crippen LogP contribution in [0.5, 0.6) is 0 Å². The standard InChI is InChI=1S/C24H31BN3/c1-7-20(8-2)28-21-14-10-11-17(3)22(21)24-26(6)15-16-27(24)25(28)23-18(4)12-9-13-19(23)5/h9-16,20H,7-8H2,1-6H3/q+1. The van der Waals surface area contributed by atoms with Gasteiger partial charge in [-0.05, 0) is 56.4 Å². The molecule has 2 heterocycles. The second-order valence-corrected chi connectivity index (χ2v) is 8.17. The van der Waals surface area contributed by atoms with Crippen molar-refractivity contribution in [1.82, 2.24) is 4.57 Å². The zero-order valence-electron chi connectivity index (χ0n) is 18.0. The number of hydrogen-bond acceptors (Lipinski definition) is 1. The van der Waals surface area contributed by atoms with Crippen LogP contribution in [0.25, 0.3) is 11.4 Å². The van der Waals surface area contributed by atoms with Crippen LogP contribution in [0.4, 0.5) is 5.69 Å². The Bertz CT molecular complexity index is 996. The minimum absolute atomic E-state index is 0.177. The van der Waals surface area contributed by atoms with Crippen LogP contribution in [0.2, 0.25) is 0 Å². The summed E-state index contributed by atoms with van der Waals surface area (Å²) in [5, 5.41) is 0. The van der Waals surface area contributed by atoms with E-state index < -0.39 is 0 Å². The van der Waals surface area contributed by atoms with Gasteiger partial charge in [0, 0.05) is 17.2 Å². The van der Waals surface area contributed by atoms with Gasteiger partial charge in [0.15, 0.2) is 0 Å². The fourth-order valence-electron chi connectivity index (χ4n) is 5.01. The molecule has 144 valence electrons. The molecule has 2 aromatic carbocycles. The molecule has 0 N–H and O–H groups in total. The van der Waals surface area contributed by atoms with E-state index in [4.69, 9.17) is 0 Å². The average molecular weight is 372 g/mol. The van der Waals surface area contributed by atoms with E-state index in [-0.39, 0.29) is 6.98 Å². The number of aryl methyl sites for hydroxylation is 4. The van der Waals surface area contributed by atoms with Crippen LogP contribution in [-0.4, -0.2) is 17.6 Å². The second kappa shape index (κ2) is 7.16. The van der Waals surface area contributed by atoms with Crippen molar-refractivity contribution in [1.29, 1.82) is 0 Å². The van der Waals surface area contributed by atoms with Crippen molar-refractivity contribution in [2.24, 2.45) is 7.05 Å². The van der Waals surface area contributed by atoms with Crippen molar-refractivity contribution in [3.63, 3.8) is 0 Å². The van der Waals surface area contributed by atoms with Gasteiger partial charge < -0.3 is 4.81 Å². The fourth-order valence-corrected chi connectivity index (χ4v) is 5.01. The average Bonchev–Trinajstić information content (AvgIpc) is 3.05. The summed E-state index contributed by atoms with van der Waals surface area (Å²) in [5.74, 6) is 1.29. The molecule has 0 atom stereocenters. The summed E-state index contributed by atoms with van der Waals surface area (Å²) in [6.07, 6.45) is 6.72. The van der Waals surface area contributed by atoms with Crippen LogP contribution in [0, 0.1) is 20.8 Å². The molecule has 4 heteroatoms. The van der Waals surface area contributed by atoms with Crippen molar-refractivity contribution in [2.45, 2.75) is 53.5 Å². The van der Waals surface area contributed by atoms with E-state index in [9.17, 15) is 0 Å². The number of fused-ring (bicyclic) bond motifs is 3. The van der Waals surface area contributed by atoms with E-state index in [1.54, 1.807) is 0 Å². The zero-order chi connectivity index (χ0) is 20.0. The molecule has 0 radical (unpaired) electrons. The second-order valence-electron chi connectivity index (χ2n) is 8.17. The Morgan fingerprint density at radius 3 is 2.18 bits per heavy atom. The summed E-state index contributed by atoms with van der Waals surface area (Å²) in [4.78, 5) is 2.69. The lowest BCUT2D eigenvalue weighted by atomic mass is 9.59. The van der Waals surface area contributed by atoms with E-state index in [1.807, 2.05) is 0 Å². The highest BCUT2D eigenvalue weighted by molar-refractivity contribution is 6.71. The van der Waals surface area contributed by atoms with Crippen LogP contribution in [-0.2, 0) is 7.05 Å². The molecule has 3 nitrogen and oxygen atoms in total. The van der Waals surface area contributed by atoms with Crippen molar-refractivity contribution in [3.8, 4) is 11.4 Å². The molecule has 1 aliphatic rings. The summed E-state index contributed by atoms with van der Waals surface area (Å²) in [6, 6.07) is 13.9. The van der Waals surface area contributed by atoms with Gasteiger partial charge in [0.1, 0.15) is 12.4 Å². The molecule has 0 amide bonds. The maximum absolute atomic E-state index is 2.69. The minimum Gasteiger partial charge on any atom is -0.367 e. The van der Waals surface area contributed by atoms with Crippen LogP contribution >= 0.6 is 0 Å². The molecule has 28 heavy (non-hydrogen) atoms. The van der Waals surface area contributed by atoms with Crippen molar-refractivity contribution >= 4 is 18.1 Å². The Morgan fingerprint density at radius 2 is 1.54 bits per heavy atom. The van der Waals surface area contributed by atoms with Crippen LogP contribution in [0.15, 0.2) is 48.8 Å². The first kappa shape index (κ1) is 18.9. The number of aromatic nitrogens is 2. The summed E-state index contributed by atoms with van der Waals surface area (Å²) < 4.78 is 4.76. The lowest BCUT2D eigenvalue weighted by Gasteiger charge is -2.40. The van der Waals surface area contributed by atoms with Crippen LogP contribution in [0.1, 0.15) is 43.4 Å². The third-order valence-electron chi connectivity index (χ3n) is 6.45. The lowest BCUT2D eigenvalue weighted by molar-refractivity contribution is -0.524. The Balaban J connectivity index is 2.09. The summed E-state index contributed by atoms with van der Waals surface area (Å²) in [6.45, 7) is 11.6. The van der Waals surface area contributed by atoms with E-state index in [0.717, 1.165) is 12.8 Å². The van der Waals surface area contributed by atoms with Crippen LogP contribution < -0.4 is 14.8 Å². The van der Waals surface area contributed by atoms with Gasteiger partial charge in [0.25, 0.3) is 5.82 Å². The fraction of sp³-hybridized carbons (Fsp3) is 0.375. The molecular weight excluding hydrogens is 341 g/mol. The third-order valence-corrected chi connectivity index (χ3v) is 6.45. The normalized spacial score (nSPS) is 13.1. The number of anilines is 1. The van der Waals surface area contributed by atoms with Gasteiger partial charge >= 0.3 is 6.98 Å². The Hall–Kier alpha value is -2.49. The molecule has 4 rings (SSSR count). The first-order chi connectivity index (χ1) is 13.5. The predicted octanol–water partition coefficient (Wildman–Crippen LogP) is 4.16. The molecule has 0 saturated carbocycles. The van der Waals surface area contributed by atoms with Gasteiger partial charge in [-0.25, -0.2) is 4.57 Å². The lowest BCUT2D eigenvalue weighted by Crippen LogP contribution is -2.73. The molecule has 0 bridgehead atoms. The number of hydrogen-bond donors (Lipinski definition) is 0. The molecule has 1 aliphatic heterocycles. The maximum Gasteiger partial charge on any atom is 0.538 e. The number of imidazole rings is 1. The van der Waals surface area contributed by atoms with E-state index in [2.05, 4.69) is 104 Å². The van der Waals surface area contributed by atoms with Crippen molar-refractivity contribution in [3.05, 3.63) is 65.5 Å². The van der Waals surface area contributed by atoms with Crippen molar-refractivity contribution < 1.29 is 4.48 Å². The highest BCUT2D eigenvalue weighted by Crippen LogP contribution is 2.37. The van der Waals surface area contributed by atoms with E-state index >= 15 is 0 Å². The number of nitrogens with zero attached hydrogens (tertiary/aromatic N) is 3. The van der Waals surface area contributed by atoms with Gasteiger partial charge in [-0.2, -0.15) is 0 Å². The molecule has 0 fully saturated rings. The quantitative estimate of drug-likeness (QED) is 0.627. The first-order valence-corrected chi connectivity index (χ1v) is 10.5. The zero-order valence-corrected chi connectivity index (χ0v) is 18.0. The molecule has 0 unspecified atom stereocenters. The number of rotatable bonds is 4. The predicted molar refractivity (Wildman–Crippen MR) is 119 cm³/mol. The highest BCUT2D eigenvalue weighted by atomic mass is 15.3. The minimum atomic E-state index is 0.177. The van der Waals surface area contributed by atoms with Crippen LogP contribution in [0.3, 0.4) is 0 Å². The first-order valence-electron chi connectivity index (χ1n) is 10.5. The Morgan fingerprint density at radius 1 is 0.929 bits per heavy atom. The topological polar surface area (TPSA) is 12.1 Å². The van der Waals surface area contributed by atoms with E-state index in [0.29, 0.717) is 6.04 Å². The smallest absolute Gasteiger partial charge is 0.367 e. The number of benzene rings is 2. The van der Waals surface area contributed by atoms with Gasteiger partial charge in [0.05, 0.1) is 12.6 Å². The van der Waals surface area contributed by atoms with Gasteiger partial charge in [-0.1, -0.05) is 44.2 Å². The Labute approximate surface area is 169 Å².